The number of esters is 2. The minimum absolute atomic E-state index is 0.363. The summed E-state index contributed by atoms with van der Waals surface area (Å²) in [6, 6.07) is 0. The molecule has 2 unspecified atom stereocenters. The smallest absolute Gasteiger partial charge is 0.324 e. The second kappa shape index (κ2) is 2.31. The van der Waals surface area contributed by atoms with Gasteiger partial charge in [-0.2, -0.15) is 0 Å². The Morgan fingerprint density at radius 1 is 1.62 bits per heavy atom. The van der Waals surface area contributed by atoms with Crippen molar-refractivity contribution in [3.8, 4) is 0 Å². The molecule has 1 aliphatic heterocycles. The van der Waals surface area contributed by atoms with Crippen molar-refractivity contribution in [1.82, 2.24) is 0 Å². The maximum absolute atomic E-state index is 11.4. The lowest BCUT2D eigenvalue weighted by molar-refractivity contribution is -0.154. The molecule has 13 heavy (non-hydrogen) atoms. The molecular weight excluding hydrogens is 168 g/mol. The zero-order valence-corrected chi connectivity index (χ0v) is 7.37. The van der Waals surface area contributed by atoms with Crippen LogP contribution < -0.4 is 0 Å². The fourth-order valence-corrected chi connectivity index (χ4v) is 1.85. The van der Waals surface area contributed by atoms with Crippen LogP contribution in [-0.4, -0.2) is 11.9 Å². The molecule has 1 aliphatic carbocycles. The van der Waals surface area contributed by atoms with Gasteiger partial charge in [-0.15, -0.1) is 0 Å². The standard InChI is InChI=1S/C10H10O3/c1-6-4-3-5-7-8(11)13-9(12)10(6,7)2/h3-4,7H,1,5H2,2H3. The SMILES string of the molecule is C=C1C=CCC2C(=O)OC(=O)C12C. The van der Waals surface area contributed by atoms with E-state index >= 15 is 0 Å². The van der Waals surface area contributed by atoms with Crippen molar-refractivity contribution in [2.24, 2.45) is 11.3 Å². The molecule has 68 valence electrons. The number of rotatable bonds is 0. The van der Waals surface area contributed by atoms with E-state index in [-0.39, 0.29) is 5.92 Å². The van der Waals surface area contributed by atoms with Crippen LogP contribution in [0, 0.1) is 11.3 Å². The topological polar surface area (TPSA) is 43.4 Å². The number of carbonyl (C=O) groups is 2. The largest absolute Gasteiger partial charge is 0.392 e. The van der Waals surface area contributed by atoms with Gasteiger partial charge in [-0.25, -0.2) is 0 Å². The van der Waals surface area contributed by atoms with Crippen molar-refractivity contribution in [3.63, 3.8) is 0 Å². The minimum Gasteiger partial charge on any atom is -0.392 e. The molecule has 0 saturated carbocycles. The second-order valence-electron chi connectivity index (χ2n) is 3.63. The molecule has 0 aromatic rings. The summed E-state index contributed by atoms with van der Waals surface area (Å²) in [7, 11) is 0. The molecule has 2 atom stereocenters. The number of hydrogen-bond acceptors (Lipinski definition) is 3. The van der Waals surface area contributed by atoms with E-state index in [9.17, 15) is 9.59 Å². The van der Waals surface area contributed by atoms with E-state index in [0.29, 0.717) is 12.0 Å². The van der Waals surface area contributed by atoms with Gasteiger partial charge in [0.05, 0.1) is 5.92 Å². The lowest BCUT2D eigenvalue weighted by Gasteiger charge is -2.28. The number of fused-ring (bicyclic) bond motifs is 1. The van der Waals surface area contributed by atoms with Crippen LogP contribution in [0.3, 0.4) is 0 Å². The molecule has 0 aromatic heterocycles. The fourth-order valence-electron chi connectivity index (χ4n) is 1.85. The van der Waals surface area contributed by atoms with E-state index in [1.807, 2.05) is 6.08 Å². The van der Waals surface area contributed by atoms with Gasteiger partial charge in [0.15, 0.2) is 0 Å². The number of carbonyl (C=O) groups excluding carboxylic acids is 2. The van der Waals surface area contributed by atoms with Gasteiger partial charge in [0.2, 0.25) is 0 Å². The minimum atomic E-state index is -0.814. The van der Waals surface area contributed by atoms with Crippen molar-refractivity contribution in [3.05, 3.63) is 24.3 Å². The second-order valence-corrected chi connectivity index (χ2v) is 3.63. The van der Waals surface area contributed by atoms with Crippen molar-refractivity contribution in [2.45, 2.75) is 13.3 Å². The quantitative estimate of drug-likeness (QED) is 0.413. The average molecular weight is 178 g/mol. The average Bonchev–Trinajstić information content (AvgIpc) is 2.29. The monoisotopic (exact) mass is 178 g/mol. The third-order valence-electron chi connectivity index (χ3n) is 2.96. The van der Waals surface area contributed by atoms with Crippen molar-refractivity contribution in [1.29, 1.82) is 0 Å². The maximum atomic E-state index is 11.4. The van der Waals surface area contributed by atoms with E-state index < -0.39 is 17.4 Å². The summed E-state index contributed by atoms with van der Waals surface area (Å²) in [4.78, 5) is 22.7. The Morgan fingerprint density at radius 2 is 2.31 bits per heavy atom. The van der Waals surface area contributed by atoms with Gasteiger partial charge in [-0.3, -0.25) is 9.59 Å². The molecule has 0 aromatic carbocycles. The normalized spacial score (nSPS) is 37.6. The Labute approximate surface area is 76.1 Å². The predicted octanol–water partition coefficient (Wildman–Crippen LogP) is 1.21. The molecule has 0 bridgehead atoms. The van der Waals surface area contributed by atoms with E-state index in [4.69, 9.17) is 0 Å². The highest BCUT2D eigenvalue weighted by Crippen LogP contribution is 2.46. The van der Waals surface area contributed by atoms with Crippen molar-refractivity contribution in [2.75, 3.05) is 0 Å². The van der Waals surface area contributed by atoms with E-state index in [1.165, 1.54) is 0 Å². The van der Waals surface area contributed by atoms with E-state index in [1.54, 1.807) is 13.0 Å². The van der Waals surface area contributed by atoms with Gasteiger partial charge < -0.3 is 4.74 Å². The summed E-state index contributed by atoms with van der Waals surface area (Å²) in [5.74, 6) is -1.24. The highest BCUT2D eigenvalue weighted by Gasteiger charge is 2.55. The number of cyclic esters (lactones) is 2. The fraction of sp³-hybridized carbons (Fsp3) is 0.400. The predicted molar refractivity (Wildman–Crippen MR) is 45.6 cm³/mol. The lowest BCUT2D eigenvalue weighted by atomic mass is 9.69. The molecule has 0 N–H and O–H groups in total. The first-order valence-electron chi connectivity index (χ1n) is 4.19. The molecule has 0 amide bonds. The zero-order valence-electron chi connectivity index (χ0n) is 7.37. The molecular formula is C10H10O3. The first kappa shape index (κ1) is 8.23. The summed E-state index contributed by atoms with van der Waals surface area (Å²) in [6.07, 6.45) is 4.21. The molecule has 0 radical (unpaired) electrons. The summed E-state index contributed by atoms with van der Waals surface area (Å²) in [5.41, 5.74) is -0.147. The Balaban J connectivity index is 2.53. The van der Waals surface area contributed by atoms with Crippen LogP contribution in [0.4, 0.5) is 0 Å². The first-order chi connectivity index (χ1) is 6.06. The summed E-state index contributed by atoms with van der Waals surface area (Å²) < 4.78 is 4.60. The van der Waals surface area contributed by atoms with Crippen LogP contribution in [0.1, 0.15) is 13.3 Å². The number of ether oxygens (including phenoxy) is 1. The van der Waals surface area contributed by atoms with Gasteiger partial charge >= 0.3 is 11.9 Å². The third kappa shape index (κ3) is 0.842. The molecule has 0 spiro atoms. The molecule has 1 saturated heterocycles. The van der Waals surface area contributed by atoms with Crippen molar-refractivity contribution >= 4 is 11.9 Å². The highest BCUT2D eigenvalue weighted by molar-refractivity contribution is 6.01. The van der Waals surface area contributed by atoms with Gasteiger partial charge in [-0.05, 0) is 18.9 Å². The molecule has 1 fully saturated rings. The van der Waals surface area contributed by atoms with E-state index in [2.05, 4.69) is 11.3 Å². The molecule has 3 nitrogen and oxygen atoms in total. The van der Waals surface area contributed by atoms with Gasteiger partial charge in [0.25, 0.3) is 0 Å². The van der Waals surface area contributed by atoms with Crippen LogP contribution >= 0.6 is 0 Å². The van der Waals surface area contributed by atoms with Crippen LogP contribution in [-0.2, 0) is 14.3 Å². The summed E-state index contributed by atoms with van der Waals surface area (Å²) in [5, 5.41) is 0. The zero-order chi connectivity index (χ0) is 9.64. The number of hydrogen-bond donors (Lipinski definition) is 0. The van der Waals surface area contributed by atoms with Gasteiger partial charge in [0, 0.05) is 0 Å². The summed E-state index contributed by atoms with van der Waals surface area (Å²) >= 11 is 0. The molecule has 2 aliphatic rings. The van der Waals surface area contributed by atoms with E-state index in [0.717, 1.165) is 0 Å². The van der Waals surface area contributed by atoms with Crippen LogP contribution in [0.15, 0.2) is 24.3 Å². The highest BCUT2D eigenvalue weighted by atomic mass is 16.6. The Morgan fingerprint density at radius 3 is 2.92 bits per heavy atom. The lowest BCUT2D eigenvalue weighted by Crippen LogP contribution is -2.33. The Hall–Kier alpha value is -1.38. The number of allylic oxidation sites excluding steroid dienone is 2. The third-order valence-corrected chi connectivity index (χ3v) is 2.96. The Bertz CT molecular complexity index is 340. The van der Waals surface area contributed by atoms with Gasteiger partial charge in [-0.1, -0.05) is 18.7 Å². The molecule has 3 heteroatoms. The molecule has 2 rings (SSSR count). The van der Waals surface area contributed by atoms with Crippen LogP contribution in [0.2, 0.25) is 0 Å². The molecule has 1 heterocycles. The first-order valence-corrected chi connectivity index (χ1v) is 4.19. The Kier molecular flexibility index (Phi) is 1.46. The van der Waals surface area contributed by atoms with Gasteiger partial charge in [0.1, 0.15) is 5.41 Å². The maximum Gasteiger partial charge on any atom is 0.324 e. The van der Waals surface area contributed by atoms with Crippen molar-refractivity contribution < 1.29 is 14.3 Å². The van der Waals surface area contributed by atoms with Crippen LogP contribution in [0.25, 0.3) is 0 Å². The summed E-state index contributed by atoms with van der Waals surface area (Å²) in [6.45, 7) is 5.49. The van der Waals surface area contributed by atoms with Crippen LogP contribution in [0.5, 0.6) is 0 Å².